The summed E-state index contributed by atoms with van der Waals surface area (Å²) < 4.78 is 2.01. The first-order valence-corrected chi connectivity index (χ1v) is 8.05. The maximum absolute atomic E-state index is 4.30. The molecule has 0 bridgehead atoms. The molecule has 1 fully saturated rings. The van der Waals surface area contributed by atoms with E-state index in [1.54, 1.807) is 12.7 Å². The number of hydrogen-bond donors (Lipinski definition) is 2. The summed E-state index contributed by atoms with van der Waals surface area (Å²) >= 11 is 0. The Morgan fingerprint density at radius 3 is 2.57 bits per heavy atom. The molecule has 2 rings (SSSR count). The second-order valence-corrected chi connectivity index (χ2v) is 5.97. The maximum Gasteiger partial charge on any atom is 0.190 e. The monoisotopic (exact) mass is 292 g/mol. The summed E-state index contributed by atoms with van der Waals surface area (Å²) in [5.41, 5.74) is 0.520. The average molecular weight is 292 g/mol. The van der Waals surface area contributed by atoms with Crippen LogP contribution in [0, 0.1) is 5.41 Å². The third kappa shape index (κ3) is 4.72. The Kier molecular flexibility index (Phi) is 6.02. The van der Waals surface area contributed by atoms with Crippen molar-refractivity contribution < 1.29 is 0 Å². The van der Waals surface area contributed by atoms with E-state index >= 15 is 0 Å². The summed E-state index contributed by atoms with van der Waals surface area (Å²) in [6.45, 7) is 5.26. The smallest absolute Gasteiger partial charge is 0.190 e. The van der Waals surface area contributed by atoms with E-state index in [-0.39, 0.29) is 0 Å². The Balaban J connectivity index is 1.57. The lowest BCUT2D eigenvalue weighted by Gasteiger charge is -2.41. The Bertz CT molecular complexity index is 416. The van der Waals surface area contributed by atoms with Gasteiger partial charge in [0.2, 0.25) is 0 Å². The first-order chi connectivity index (χ1) is 10.3. The molecule has 2 N–H and O–H groups in total. The minimum atomic E-state index is 0.520. The fraction of sp³-hybridized carbons (Fsp3) is 0.800. The summed E-state index contributed by atoms with van der Waals surface area (Å²) in [7, 11) is 1.84. The van der Waals surface area contributed by atoms with Crippen molar-refractivity contribution in [1.29, 1.82) is 0 Å². The standard InChI is InChI=1S/C15H28N6/c1-3-15(7-6-8-15)11-18-14(16-2)17-9-4-5-10-21-12-19-20-13-21/h12-13H,3-11H2,1-2H3,(H2,16,17,18). The highest BCUT2D eigenvalue weighted by atomic mass is 15.2. The minimum absolute atomic E-state index is 0.520. The number of unbranched alkanes of at least 4 members (excludes halogenated alkanes) is 1. The molecular weight excluding hydrogens is 264 g/mol. The van der Waals surface area contributed by atoms with E-state index in [0.29, 0.717) is 5.41 Å². The quantitative estimate of drug-likeness (QED) is 0.435. The SMILES string of the molecule is CCC1(CNC(=NC)NCCCCn2cnnc2)CCC1. The van der Waals surface area contributed by atoms with Crippen LogP contribution in [-0.4, -0.2) is 40.9 Å². The van der Waals surface area contributed by atoms with Crippen molar-refractivity contribution in [3.8, 4) is 0 Å². The summed E-state index contributed by atoms with van der Waals surface area (Å²) in [5, 5.41) is 14.5. The Morgan fingerprint density at radius 2 is 2.00 bits per heavy atom. The molecule has 0 aliphatic heterocycles. The molecule has 118 valence electrons. The van der Waals surface area contributed by atoms with Gasteiger partial charge < -0.3 is 15.2 Å². The van der Waals surface area contributed by atoms with E-state index in [1.807, 2.05) is 11.6 Å². The molecule has 0 amide bonds. The van der Waals surface area contributed by atoms with Crippen LogP contribution in [0.3, 0.4) is 0 Å². The number of aromatic nitrogens is 3. The highest BCUT2D eigenvalue weighted by molar-refractivity contribution is 5.79. The number of nitrogens with one attached hydrogen (secondary N) is 2. The second kappa shape index (κ2) is 8.00. The van der Waals surface area contributed by atoms with Crippen LogP contribution in [0.25, 0.3) is 0 Å². The molecule has 1 heterocycles. The molecule has 0 aromatic carbocycles. The van der Waals surface area contributed by atoms with Crippen molar-refractivity contribution >= 4 is 5.96 Å². The van der Waals surface area contributed by atoms with Crippen molar-refractivity contribution in [3.63, 3.8) is 0 Å². The summed E-state index contributed by atoms with van der Waals surface area (Å²) in [4.78, 5) is 4.30. The molecule has 1 aliphatic carbocycles. The Morgan fingerprint density at radius 1 is 1.24 bits per heavy atom. The second-order valence-electron chi connectivity index (χ2n) is 5.97. The van der Waals surface area contributed by atoms with Gasteiger partial charge in [-0.15, -0.1) is 10.2 Å². The fourth-order valence-electron chi connectivity index (χ4n) is 2.79. The summed E-state index contributed by atoms with van der Waals surface area (Å²) in [6.07, 6.45) is 11.1. The highest BCUT2D eigenvalue weighted by Gasteiger charge is 2.34. The topological polar surface area (TPSA) is 67.1 Å². The summed E-state index contributed by atoms with van der Waals surface area (Å²) in [6, 6.07) is 0. The number of hydrogen-bond acceptors (Lipinski definition) is 3. The van der Waals surface area contributed by atoms with Gasteiger partial charge in [-0.3, -0.25) is 4.99 Å². The molecular formula is C15H28N6. The van der Waals surface area contributed by atoms with Gasteiger partial charge in [-0.25, -0.2) is 0 Å². The van der Waals surface area contributed by atoms with Crippen LogP contribution in [0.1, 0.15) is 45.4 Å². The average Bonchev–Trinajstić information content (AvgIpc) is 2.97. The van der Waals surface area contributed by atoms with Gasteiger partial charge >= 0.3 is 0 Å². The molecule has 1 saturated carbocycles. The molecule has 1 aromatic heterocycles. The van der Waals surface area contributed by atoms with Gasteiger partial charge in [-0.1, -0.05) is 13.3 Å². The Hall–Kier alpha value is -1.59. The van der Waals surface area contributed by atoms with Crippen LogP contribution in [0.15, 0.2) is 17.6 Å². The molecule has 6 nitrogen and oxygen atoms in total. The predicted octanol–water partition coefficient (Wildman–Crippen LogP) is 1.80. The van der Waals surface area contributed by atoms with E-state index in [0.717, 1.165) is 38.4 Å². The van der Waals surface area contributed by atoms with Crippen LogP contribution in [-0.2, 0) is 6.54 Å². The van der Waals surface area contributed by atoms with Crippen LogP contribution in [0.4, 0.5) is 0 Å². The normalized spacial score (nSPS) is 17.3. The summed E-state index contributed by atoms with van der Waals surface area (Å²) in [5.74, 6) is 0.930. The van der Waals surface area contributed by atoms with Crippen molar-refractivity contribution in [2.24, 2.45) is 10.4 Å². The van der Waals surface area contributed by atoms with Crippen molar-refractivity contribution in [1.82, 2.24) is 25.4 Å². The lowest BCUT2D eigenvalue weighted by molar-refractivity contribution is 0.131. The van der Waals surface area contributed by atoms with E-state index in [4.69, 9.17) is 0 Å². The number of guanidine groups is 1. The van der Waals surface area contributed by atoms with E-state index in [2.05, 4.69) is 32.7 Å². The van der Waals surface area contributed by atoms with Crippen molar-refractivity contribution in [3.05, 3.63) is 12.7 Å². The first kappa shape index (κ1) is 15.8. The number of nitrogens with zero attached hydrogens (tertiary/aromatic N) is 4. The van der Waals surface area contributed by atoms with E-state index in [9.17, 15) is 0 Å². The molecule has 0 unspecified atom stereocenters. The van der Waals surface area contributed by atoms with Gasteiger partial charge in [0.15, 0.2) is 5.96 Å². The molecule has 0 saturated heterocycles. The van der Waals surface area contributed by atoms with Crippen molar-refractivity contribution in [2.45, 2.75) is 52.0 Å². The third-order valence-electron chi connectivity index (χ3n) is 4.62. The predicted molar refractivity (Wildman–Crippen MR) is 85.2 cm³/mol. The minimum Gasteiger partial charge on any atom is -0.356 e. The third-order valence-corrected chi connectivity index (χ3v) is 4.62. The molecule has 0 spiro atoms. The Labute approximate surface area is 127 Å². The molecule has 0 radical (unpaired) electrons. The van der Waals surface area contributed by atoms with Crippen LogP contribution in [0.2, 0.25) is 0 Å². The number of rotatable bonds is 8. The van der Waals surface area contributed by atoms with Crippen LogP contribution in [0.5, 0.6) is 0 Å². The highest BCUT2D eigenvalue weighted by Crippen LogP contribution is 2.42. The van der Waals surface area contributed by atoms with Gasteiger partial charge in [0.05, 0.1) is 0 Å². The van der Waals surface area contributed by atoms with Gasteiger partial charge in [0.25, 0.3) is 0 Å². The zero-order valence-corrected chi connectivity index (χ0v) is 13.3. The van der Waals surface area contributed by atoms with Gasteiger partial charge in [-0.05, 0) is 37.5 Å². The largest absolute Gasteiger partial charge is 0.356 e. The number of aliphatic imine (C=N–C) groups is 1. The van der Waals surface area contributed by atoms with Gasteiger partial charge in [0, 0.05) is 26.7 Å². The van der Waals surface area contributed by atoms with E-state index < -0.39 is 0 Å². The molecule has 1 aromatic rings. The van der Waals surface area contributed by atoms with E-state index in [1.165, 1.54) is 25.7 Å². The molecule has 1 aliphatic rings. The zero-order chi connectivity index (χ0) is 15.0. The van der Waals surface area contributed by atoms with Crippen LogP contribution < -0.4 is 10.6 Å². The van der Waals surface area contributed by atoms with Crippen LogP contribution >= 0.6 is 0 Å². The molecule has 21 heavy (non-hydrogen) atoms. The number of aryl methyl sites for hydroxylation is 1. The van der Waals surface area contributed by atoms with Gasteiger partial charge in [-0.2, -0.15) is 0 Å². The fourth-order valence-corrected chi connectivity index (χ4v) is 2.79. The van der Waals surface area contributed by atoms with Crippen molar-refractivity contribution in [2.75, 3.05) is 20.1 Å². The van der Waals surface area contributed by atoms with Gasteiger partial charge in [0.1, 0.15) is 12.7 Å². The molecule has 0 atom stereocenters. The lowest BCUT2D eigenvalue weighted by atomic mass is 9.67. The maximum atomic E-state index is 4.30. The first-order valence-electron chi connectivity index (χ1n) is 8.05. The molecule has 6 heteroatoms. The lowest BCUT2D eigenvalue weighted by Crippen LogP contribution is -2.46. The zero-order valence-electron chi connectivity index (χ0n) is 13.3.